The van der Waals surface area contributed by atoms with Crippen LogP contribution in [0.25, 0.3) is 0 Å². The van der Waals surface area contributed by atoms with Gasteiger partial charge < -0.3 is 4.74 Å². The van der Waals surface area contributed by atoms with Gasteiger partial charge in [-0.05, 0) is 56.3 Å². The van der Waals surface area contributed by atoms with E-state index in [4.69, 9.17) is 4.74 Å². The van der Waals surface area contributed by atoms with Gasteiger partial charge in [0.15, 0.2) is 0 Å². The Hall–Kier alpha value is -0.0400. The molecule has 2 fully saturated rings. The molecule has 0 bridgehead atoms. The predicted molar refractivity (Wildman–Crippen MR) is 105 cm³/mol. The fourth-order valence-corrected chi connectivity index (χ4v) is 4.86. The van der Waals surface area contributed by atoms with E-state index in [1.165, 1.54) is 103 Å². The summed E-state index contributed by atoms with van der Waals surface area (Å²) in [6.07, 6.45) is 23.4. The van der Waals surface area contributed by atoms with E-state index in [0.29, 0.717) is 6.10 Å². The van der Waals surface area contributed by atoms with Crippen LogP contribution in [0.3, 0.4) is 0 Å². The summed E-state index contributed by atoms with van der Waals surface area (Å²) in [6.45, 7) is 5.75. The molecule has 2 aliphatic rings. The molecule has 0 aromatic heterocycles. The molecular weight excluding hydrogens is 292 g/mol. The zero-order valence-electron chi connectivity index (χ0n) is 16.7. The van der Waals surface area contributed by atoms with E-state index in [9.17, 15) is 0 Å². The third-order valence-corrected chi connectivity index (χ3v) is 6.76. The van der Waals surface area contributed by atoms with Gasteiger partial charge in [-0.15, -0.1) is 0 Å². The van der Waals surface area contributed by atoms with Gasteiger partial charge in [-0.25, -0.2) is 0 Å². The smallest absolute Gasteiger partial charge is 0.0575 e. The SMILES string of the molecule is CCCCCCCC1CCC(OCCCC2CCC(C)CC2)CC1. The van der Waals surface area contributed by atoms with Crippen molar-refractivity contribution in [3.8, 4) is 0 Å². The minimum absolute atomic E-state index is 0.590. The van der Waals surface area contributed by atoms with Crippen LogP contribution >= 0.6 is 0 Å². The molecule has 2 aliphatic carbocycles. The van der Waals surface area contributed by atoms with Gasteiger partial charge in [-0.2, -0.15) is 0 Å². The van der Waals surface area contributed by atoms with E-state index in [0.717, 1.165) is 24.4 Å². The summed E-state index contributed by atoms with van der Waals surface area (Å²) in [6, 6.07) is 0. The van der Waals surface area contributed by atoms with Crippen molar-refractivity contribution in [1.82, 2.24) is 0 Å². The number of hydrogen-bond donors (Lipinski definition) is 0. The van der Waals surface area contributed by atoms with Gasteiger partial charge in [-0.1, -0.05) is 78.1 Å². The summed E-state index contributed by atoms with van der Waals surface area (Å²) in [5, 5.41) is 0. The van der Waals surface area contributed by atoms with Crippen molar-refractivity contribution in [2.24, 2.45) is 17.8 Å². The van der Waals surface area contributed by atoms with Crippen LogP contribution in [0.1, 0.15) is 117 Å². The third kappa shape index (κ3) is 8.37. The average Bonchev–Trinajstić information content (AvgIpc) is 2.61. The van der Waals surface area contributed by atoms with Crippen molar-refractivity contribution in [3.05, 3.63) is 0 Å². The van der Waals surface area contributed by atoms with Gasteiger partial charge in [0.2, 0.25) is 0 Å². The molecule has 0 spiro atoms. The summed E-state index contributed by atoms with van der Waals surface area (Å²) in [5.41, 5.74) is 0. The molecule has 0 heterocycles. The summed E-state index contributed by atoms with van der Waals surface area (Å²) < 4.78 is 6.20. The summed E-state index contributed by atoms with van der Waals surface area (Å²) in [4.78, 5) is 0. The maximum absolute atomic E-state index is 6.20. The van der Waals surface area contributed by atoms with Crippen molar-refractivity contribution < 1.29 is 4.74 Å². The number of unbranched alkanes of at least 4 members (excludes halogenated alkanes) is 4. The topological polar surface area (TPSA) is 9.23 Å². The fourth-order valence-electron chi connectivity index (χ4n) is 4.86. The first-order valence-electron chi connectivity index (χ1n) is 11.4. The maximum Gasteiger partial charge on any atom is 0.0575 e. The lowest BCUT2D eigenvalue weighted by Crippen LogP contribution is -2.22. The van der Waals surface area contributed by atoms with Crippen molar-refractivity contribution in [1.29, 1.82) is 0 Å². The summed E-state index contributed by atoms with van der Waals surface area (Å²) in [7, 11) is 0. The molecule has 1 nitrogen and oxygen atoms in total. The Morgan fingerprint density at radius 3 is 1.92 bits per heavy atom. The summed E-state index contributed by atoms with van der Waals surface area (Å²) >= 11 is 0. The van der Waals surface area contributed by atoms with Crippen LogP contribution in [0.2, 0.25) is 0 Å². The van der Waals surface area contributed by atoms with E-state index in [2.05, 4.69) is 13.8 Å². The molecule has 142 valence electrons. The van der Waals surface area contributed by atoms with E-state index < -0.39 is 0 Å². The lowest BCUT2D eigenvalue weighted by atomic mass is 9.81. The number of rotatable bonds is 11. The Morgan fingerprint density at radius 1 is 0.667 bits per heavy atom. The fraction of sp³-hybridized carbons (Fsp3) is 1.00. The first-order chi connectivity index (χ1) is 11.8. The molecular formula is C23H44O. The second-order valence-corrected chi connectivity index (χ2v) is 8.98. The predicted octanol–water partition coefficient (Wildman–Crippen LogP) is 7.53. The Kier molecular flexibility index (Phi) is 10.4. The zero-order chi connectivity index (χ0) is 17.0. The minimum Gasteiger partial charge on any atom is -0.378 e. The van der Waals surface area contributed by atoms with Gasteiger partial charge >= 0.3 is 0 Å². The van der Waals surface area contributed by atoms with E-state index in [1.807, 2.05) is 0 Å². The van der Waals surface area contributed by atoms with Crippen molar-refractivity contribution in [2.45, 2.75) is 123 Å². The highest BCUT2D eigenvalue weighted by Crippen LogP contribution is 2.32. The van der Waals surface area contributed by atoms with Gasteiger partial charge in [0.05, 0.1) is 6.10 Å². The van der Waals surface area contributed by atoms with Crippen molar-refractivity contribution >= 4 is 0 Å². The second kappa shape index (κ2) is 12.3. The summed E-state index contributed by atoms with van der Waals surface area (Å²) in [5.74, 6) is 3.00. The molecule has 0 aromatic carbocycles. The van der Waals surface area contributed by atoms with Crippen LogP contribution in [0, 0.1) is 17.8 Å². The van der Waals surface area contributed by atoms with E-state index >= 15 is 0 Å². The molecule has 0 atom stereocenters. The van der Waals surface area contributed by atoms with Crippen molar-refractivity contribution in [3.63, 3.8) is 0 Å². The molecule has 1 heteroatoms. The number of ether oxygens (including phenoxy) is 1. The highest BCUT2D eigenvalue weighted by Gasteiger charge is 2.22. The monoisotopic (exact) mass is 336 g/mol. The average molecular weight is 337 g/mol. The molecule has 2 rings (SSSR count). The van der Waals surface area contributed by atoms with E-state index in [1.54, 1.807) is 0 Å². The highest BCUT2D eigenvalue weighted by molar-refractivity contribution is 4.74. The zero-order valence-corrected chi connectivity index (χ0v) is 16.7. The Morgan fingerprint density at radius 2 is 1.25 bits per heavy atom. The Balaban J connectivity index is 1.42. The molecule has 0 N–H and O–H groups in total. The van der Waals surface area contributed by atoms with Crippen molar-refractivity contribution in [2.75, 3.05) is 6.61 Å². The molecule has 0 radical (unpaired) electrons. The lowest BCUT2D eigenvalue weighted by Gasteiger charge is -2.29. The van der Waals surface area contributed by atoms with Gasteiger partial charge in [0.25, 0.3) is 0 Å². The molecule has 0 unspecified atom stereocenters. The van der Waals surface area contributed by atoms with Crippen LogP contribution in [-0.4, -0.2) is 12.7 Å². The first kappa shape index (κ1) is 20.3. The van der Waals surface area contributed by atoms with Crippen LogP contribution < -0.4 is 0 Å². The third-order valence-electron chi connectivity index (χ3n) is 6.76. The van der Waals surface area contributed by atoms with Crippen LogP contribution in [0.4, 0.5) is 0 Å². The molecule has 24 heavy (non-hydrogen) atoms. The highest BCUT2D eigenvalue weighted by atomic mass is 16.5. The quantitative estimate of drug-likeness (QED) is 0.354. The molecule has 0 saturated heterocycles. The molecule has 2 saturated carbocycles. The van der Waals surface area contributed by atoms with E-state index in [-0.39, 0.29) is 0 Å². The van der Waals surface area contributed by atoms with Crippen LogP contribution in [0.15, 0.2) is 0 Å². The maximum atomic E-state index is 6.20. The van der Waals surface area contributed by atoms with Crippen LogP contribution in [-0.2, 0) is 4.74 Å². The number of hydrogen-bond acceptors (Lipinski definition) is 1. The molecule has 0 aromatic rings. The van der Waals surface area contributed by atoms with Crippen LogP contribution in [0.5, 0.6) is 0 Å². The van der Waals surface area contributed by atoms with Gasteiger partial charge in [0, 0.05) is 6.61 Å². The molecule has 0 amide bonds. The standard InChI is InChI=1S/C23H44O/c1-3-4-5-6-7-9-21-15-17-23(18-16-21)24-19-8-10-22-13-11-20(2)12-14-22/h20-23H,3-19H2,1-2H3. The normalized spacial score (nSPS) is 31.2. The Labute approximate surface area is 152 Å². The minimum atomic E-state index is 0.590. The van der Waals surface area contributed by atoms with Gasteiger partial charge in [-0.3, -0.25) is 0 Å². The Bertz CT molecular complexity index is 284. The van der Waals surface area contributed by atoms with Gasteiger partial charge in [0.1, 0.15) is 0 Å². The molecule has 0 aliphatic heterocycles. The second-order valence-electron chi connectivity index (χ2n) is 8.98. The lowest BCUT2D eigenvalue weighted by molar-refractivity contribution is 0.0132. The first-order valence-corrected chi connectivity index (χ1v) is 11.4. The largest absolute Gasteiger partial charge is 0.378 e.